The van der Waals surface area contributed by atoms with E-state index in [-0.39, 0.29) is 0 Å². The predicted octanol–water partition coefficient (Wildman–Crippen LogP) is 3.61. The molecule has 0 bridgehead atoms. The van der Waals surface area contributed by atoms with Gasteiger partial charge in [0.2, 0.25) is 0 Å². The monoisotopic (exact) mass is 226 g/mol. The number of halogens is 1. The number of pyridine rings is 1. The summed E-state index contributed by atoms with van der Waals surface area (Å²) in [4.78, 5) is 6.33. The van der Waals surface area contributed by atoms with E-state index in [1.54, 1.807) is 6.20 Å². The molecule has 0 aliphatic heterocycles. The van der Waals surface area contributed by atoms with Gasteiger partial charge in [0, 0.05) is 25.0 Å². The van der Waals surface area contributed by atoms with Gasteiger partial charge < -0.3 is 4.90 Å². The van der Waals surface area contributed by atoms with Gasteiger partial charge in [-0.1, -0.05) is 31.9 Å². The van der Waals surface area contributed by atoms with Gasteiger partial charge in [0.15, 0.2) is 0 Å². The van der Waals surface area contributed by atoms with Gasteiger partial charge in [-0.15, -0.1) is 0 Å². The molecule has 0 saturated heterocycles. The number of rotatable bonds is 5. The zero-order chi connectivity index (χ0) is 11.3. The third-order valence-electron chi connectivity index (χ3n) is 2.69. The molecular weight excluding hydrogens is 208 g/mol. The average Bonchev–Trinajstić information content (AvgIpc) is 2.25. The zero-order valence-electron chi connectivity index (χ0n) is 9.70. The smallest absolute Gasteiger partial charge is 0.131 e. The van der Waals surface area contributed by atoms with E-state index in [1.165, 1.54) is 6.42 Å². The van der Waals surface area contributed by atoms with Crippen molar-refractivity contribution in [2.75, 3.05) is 18.0 Å². The van der Waals surface area contributed by atoms with Crippen LogP contribution in [0.2, 0.25) is 5.15 Å². The molecule has 1 heterocycles. The Hall–Kier alpha value is -0.760. The molecule has 1 rings (SSSR count). The Kier molecular flexibility index (Phi) is 4.89. The molecule has 84 valence electrons. The van der Waals surface area contributed by atoms with Crippen LogP contribution in [0.3, 0.4) is 0 Å². The molecule has 1 aromatic heterocycles. The maximum atomic E-state index is 5.88. The average molecular weight is 227 g/mol. The molecule has 0 amide bonds. The van der Waals surface area contributed by atoms with Crippen molar-refractivity contribution in [3.63, 3.8) is 0 Å². The summed E-state index contributed by atoms with van der Waals surface area (Å²) >= 11 is 5.88. The molecule has 0 N–H and O–H groups in total. The van der Waals surface area contributed by atoms with E-state index in [0.717, 1.165) is 18.8 Å². The van der Waals surface area contributed by atoms with Gasteiger partial charge >= 0.3 is 0 Å². The molecule has 0 saturated carbocycles. The van der Waals surface area contributed by atoms with E-state index >= 15 is 0 Å². The summed E-state index contributed by atoms with van der Waals surface area (Å²) in [6, 6.07) is 3.94. The highest BCUT2D eigenvalue weighted by molar-refractivity contribution is 6.29. The number of aromatic nitrogens is 1. The summed E-state index contributed by atoms with van der Waals surface area (Å²) in [5.41, 5.74) is 1.16. The second-order valence-corrected chi connectivity index (χ2v) is 4.28. The first-order valence-corrected chi connectivity index (χ1v) is 5.91. The van der Waals surface area contributed by atoms with Gasteiger partial charge in [0.25, 0.3) is 0 Å². The van der Waals surface area contributed by atoms with E-state index in [1.807, 2.05) is 12.1 Å². The topological polar surface area (TPSA) is 16.1 Å². The summed E-state index contributed by atoms with van der Waals surface area (Å²) in [7, 11) is 0. The van der Waals surface area contributed by atoms with E-state index in [4.69, 9.17) is 11.6 Å². The van der Waals surface area contributed by atoms with Crippen LogP contribution in [-0.2, 0) is 0 Å². The molecule has 3 heteroatoms. The molecule has 0 fully saturated rings. The zero-order valence-corrected chi connectivity index (χ0v) is 10.5. The minimum absolute atomic E-state index is 0.565. The SMILES string of the molecule is CCC(C)CN(CC)c1ccnc(Cl)c1. The van der Waals surface area contributed by atoms with Crippen molar-refractivity contribution in [1.29, 1.82) is 0 Å². The van der Waals surface area contributed by atoms with Crippen LogP contribution in [-0.4, -0.2) is 18.1 Å². The normalized spacial score (nSPS) is 12.5. The summed E-state index contributed by atoms with van der Waals surface area (Å²) in [5.74, 6) is 0.705. The Labute approximate surface area is 97.3 Å². The van der Waals surface area contributed by atoms with Crippen molar-refractivity contribution in [2.45, 2.75) is 27.2 Å². The lowest BCUT2D eigenvalue weighted by Crippen LogP contribution is -2.27. The standard InChI is InChI=1S/C12H19ClN2/c1-4-10(3)9-15(5-2)11-6-7-14-12(13)8-11/h6-8,10H,4-5,9H2,1-3H3. The van der Waals surface area contributed by atoms with Gasteiger partial charge in [-0.25, -0.2) is 4.98 Å². The Morgan fingerprint density at radius 2 is 2.20 bits per heavy atom. The lowest BCUT2D eigenvalue weighted by atomic mass is 10.1. The third-order valence-corrected chi connectivity index (χ3v) is 2.89. The molecule has 0 spiro atoms. The van der Waals surface area contributed by atoms with Crippen LogP contribution in [0.5, 0.6) is 0 Å². The minimum Gasteiger partial charge on any atom is -0.371 e. The Bertz CT molecular complexity index is 301. The molecule has 0 radical (unpaired) electrons. The number of anilines is 1. The molecule has 1 unspecified atom stereocenters. The van der Waals surface area contributed by atoms with Gasteiger partial charge in [-0.3, -0.25) is 0 Å². The summed E-state index contributed by atoms with van der Waals surface area (Å²) in [6.07, 6.45) is 2.96. The molecule has 15 heavy (non-hydrogen) atoms. The van der Waals surface area contributed by atoms with E-state index in [9.17, 15) is 0 Å². The van der Waals surface area contributed by atoms with E-state index in [2.05, 4.69) is 30.7 Å². The molecular formula is C12H19ClN2. The van der Waals surface area contributed by atoms with Gasteiger partial charge in [0.1, 0.15) is 5.15 Å². The Balaban J connectivity index is 2.73. The van der Waals surface area contributed by atoms with Crippen molar-refractivity contribution in [1.82, 2.24) is 4.98 Å². The van der Waals surface area contributed by atoms with Crippen LogP contribution < -0.4 is 4.90 Å². The maximum absolute atomic E-state index is 5.88. The first kappa shape index (κ1) is 12.3. The van der Waals surface area contributed by atoms with Crippen LogP contribution in [0.4, 0.5) is 5.69 Å². The van der Waals surface area contributed by atoms with Crippen molar-refractivity contribution >= 4 is 17.3 Å². The van der Waals surface area contributed by atoms with Crippen molar-refractivity contribution in [3.05, 3.63) is 23.5 Å². The van der Waals surface area contributed by atoms with Gasteiger partial charge in [-0.2, -0.15) is 0 Å². The summed E-state index contributed by atoms with van der Waals surface area (Å²) in [6.45, 7) is 8.73. The summed E-state index contributed by atoms with van der Waals surface area (Å²) in [5, 5.41) is 0.565. The lowest BCUT2D eigenvalue weighted by Gasteiger charge is -2.26. The Morgan fingerprint density at radius 1 is 1.47 bits per heavy atom. The molecule has 0 aliphatic carbocycles. The third kappa shape index (κ3) is 3.71. The highest BCUT2D eigenvalue weighted by Gasteiger charge is 2.08. The molecule has 1 aromatic rings. The lowest BCUT2D eigenvalue weighted by molar-refractivity contribution is 0.548. The minimum atomic E-state index is 0.565. The van der Waals surface area contributed by atoms with Gasteiger partial charge in [-0.05, 0) is 25.0 Å². The second-order valence-electron chi connectivity index (χ2n) is 3.89. The fourth-order valence-corrected chi connectivity index (χ4v) is 1.68. The first-order valence-electron chi connectivity index (χ1n) is 5.53. The van der Waals surface area contributed by atoms with Crippen LogP contribution >= 0.6 is 11.6 Å². The molecule has 0 aromatic carbocycles. The second kappa shape index (κ2) is 5.96. The van der Waals surface area contributed by atoms with Crippen molar-refractivity contribution < 1.29 is 0 Å². The predicted molar refractivity (Wildman–Crippen MR) is 66.6 cm³/mol. The van der Waals surface area contributed by atoms with E-state index in [0.29, 0.717) is 11.1 Å². The fraction of sp³-hybridized carbons (Fsp3) is 0.583. The van der Waals surface area contributed by atoms with Crippen LogP contribution in [0.15, 0.2) is 18.3 Å². The largest absolute Gasteiger partial charge is 0.371 e. The number of hydrogen-bond donors (Lipinski definition) is 0. The van der Waals surface area contributed by atoms with Crippen molar-refractivity contribution in [3.8, 4) is 0 Å². The highest BCUT2D eigenvalue weighted by Crippen LogP contribution is 2.18. The van der Waals surface area contributed by atoms with Crippen LogP contribution in [0, 0.1) is 5.92 Å². The Morgan fingerprint density at radius 3 is 2.73 bits per heavy atom. The first-order chi connectivity index (χ1) is 7.17. The quantitative estimate of drug-likeness (QED) is 0.714. The number of hydrogen-bond acceptors (Lipinski definition) is 2. The maximum Gasteiger partial charge on any atom is 0.131 e. The van der Waals surface area contributed by atoms with Crippen LogP contribution in [0.25, 0.3) is 0 Å². The van der Waals surface area contributed by atoms with Gasteiger partial charge in [0.05, 0.1) is 0 Å². The van der Waals surface area contributed by atoms with E-state index < -0.39 is 0 Å². The number of nitrogens with zero attached hydrogens (tertiary/aromatic N) is 2. The van der Waals surface area contributed by atoms with Crippen molar-refractivity contribution in [2.24, 2.45) is 5.92 Å². The fourth-order valence-electron chi connectivity index (χ4n) is 1.51. The highest BCUT2D eigenvalue weighted by atomic mass is 35.5. The molecule has 1 atom stereocenters. The van der Waals surface area contributed by atoms with Crippen LogP contribution in [0.1, 0.15) is 27.2 Å². The molecule has 0 aliphatic rings. The summed E-state index contributed by atoms with van der Waals surface area (Å²) < 4.78 is 0. The molecule has 2 nitrogen and oxygen atoms in total.